The second-order valence-electron chi connectivity index (χ2n) is 6.60. The molecule has 0 bridgehead atoms. The number of fused-ring (bicyclic) bond motifs is 1. The average molecular weight is 423 g/mol. The average Bonchev–Trinajstić information content (AvgIpc) is 2.83. The molecule has 0 N–H and O–H groups in total. The minimum Gasteiger partial charge on any atom is -0.463 e. The van der Waals surface area contributed by atoms with Crippen LogP contribution >= 0.6 is 35.9 Å². The van der Waals surface area contributed by atoms with E-state index in [4.69, 9.17) is 4.74 Å². The molecular formula is C18H31ClN2O3S2. The Balaban J connectivity index is 0.00000338. The maximum Gasteiger partial charge on any atom is 0.330 e. The molecule has 26 heavy (non-hydrogen) atoms. The summed E-state index contributed by atoms with van der Waals surface area (Å²) in [4.78, 5) is 28.8. The minimum atomic E-state index is -0.454. The van der Waals surface area contributed by atoms with Gasteiger partial charge in [0, 0.05) is 17.0 Å². The summed E-state index contributed by atoms with van der Waals surface area (Å²) in [5, 5.41) is 0.141. The number of hydrogen-bond donors (Lipinski definition) is 0. The van der Waals surface area contributed by atoms with E-state index >= 15 is 0 Å². The Hall–Kier alpha value is -0.370. The molecule has 1 amide bonds. The highest BCUT2D eigenvalue weighted by molar-refractivity contribution is 8.02. The number of carbonyl (C=O) groups is 2. The third kappa shape index (κ3) is 5.33. The molecule has 0 aliphatic carbocycles. The van der Waals surface area contributed by atoms with E-state index in [0.717, 1.165) is 37.6 Å². The second kappa shape index (κ2) is 10.8. The number of hydrogen-bond acceptors (Lipinski definition) is 6. The van der Waals surface area contributed by atoms with Crippen LogP contribution in [-0.2, 0) is 14.3 Å². The molecule has 5 nitrogen and oxygen atoms in total. The van der Waals surface area contributed by atoms with Gasteiger partial charge < -0.3 is 14.5 Å². The van der Waals surface area contributed by atoms with Crippen molar-refractivity contribution in [2.75, 3.05) is 37.7 Å². The van der Waals surface area contributed by atoms with Crippen molar-refractivity contribution in [3.63, 3.8) is 0 Å². The molecule has 0 radical (unpaired) electrons. The summed E-state index contributed by atoms with van der Waals surface area (Å²) in [5.74, 6) is 1.69. The van der Waals surface area contributed by atoms with Crippen molar-refractivity contribution < 1.29 is 14.3 Å². The standard InChI is InChI=1S/C18H30N2O3S2.ClH/c1-5-11-24-12-8-18(4)16(20-14(21)13-15(20)25-18)17(22)23-10-9-19(6-2)7-3;/h5,15-16H,1,6-13H2,2-4H3;1H/t15-,16+,18?;/m1./s1. The van der Waals surface area contributed by atoms with E-state index in [-0.39, 0.29) is 34.4 Å². The fraction of sp³-hybridized carbons (Fsp3) is 0.778. The Morgan fingerprint density at radius 2 is 2.19 bits per heavy atom. The lowest BCUT2D eigenvalue weighted by Gasteiger charge is -2.38. The largest absolute Gasteiger partial charge is 0.463 e. The number of rotatable bonds is 11. The number of nitrogens with zero attached hydrogens (tertiary/aromatic N) is 2. The van der Waals surface area contributed by atoms with E-state index in [1.165, 1.54) is 0 Å². The van der Waals surface area contributed by atoms with E-state index < -0.39 is 6.04 Å². The molecule has 2 heterocycles. The summed E-state index contributed by atoms with van der Waals surface area (Å²) in [6.45, 7) is 13.0. The molecular weight excluding hydrogens is 392 g/mol. The summed E-state index contributed by atoms with van der Waals surface area (Å²) in [5.41, 5.74) is 0. The van der Waals surface area contributed by atoms with Crippen LogP contribution in [0.4, 0.5) is 0 Å². The van der Waals surface area contributed by atoms with Crippen LogP contribution in [0.5, 0.6) is 0 Å². The fourth-order valence-electron chi connectivity index (χ4n) is 3.37. The topological polar surface area (TPSA) is 49.9 Å². The molecule has 2 aliphatic rings. The maximum absolute atomic E-state index is 12.8. The van der Waals surface area contributed by atoms with E-state index in [2.05, 4.69) is 32.3 Å². The minimum absolute atomic E-state index is 0. The van der Waals surface area contributed by atoms with Crippen molar-refractivity contribution in [2.45, 2.75) is 49.8 Å². The zero-order valence-electron chi connectivity index (χ0n) is 15.9. The highest BCUT2D eigenvalue weighted by Gasteiger charge is 2.60. The van der Waals surface area contributed by atoms with Gasteiger partial charge in [-0.15, -0.1) is 30.7 Å². The molecule has 2 rings (SSSR count). The molecule has 0 aromatic carbocycles. The molecule has 150 valence electrons. The van der Waals surface area contributed by atoms with Crippen LogP contribution in [0.25, 0.3) is 0 Å². The zero-order chi connectivity index (χ0) is 18.4. The second-order valence-corrected chi connectivity index (χ2v) is 9.46. The molecule has 2 fully saturated rings. The number of esters is 1. The van der Waals surface area contributed by atoms with Crippen molar-refractivity contribution in [3.05, 3.63) is 12.7 Å². The summed E-state index contributed by atoms with van der Waals surface area (Å²) < 4.78 is 5.31. The van der Waals surface area contributed by atoms with Gasteiger partial charge in [0.2, 0.25) is 5.91 Å². The summed E-state index contributed by atoms with van der Waals surface area (Å²) in [6, 6.07) is -0.454. The number of carbonyl (C=O) groups excluding carboxylic acids is 2. The Labute approximate surface area is 172 Å². The number of likely N-dealkylation sites (N-methyl/N-ethyl adjacent to an activating group) is 1. The first kappa shape index (κ1) is 23.7. The highest BCUT2D eigenvalue weighted by Crippen LogP contribution is 2.53. The molecule has 0 aromatic rings. The lowest BCUT2D eigenvalue weighted by Crippen LogP contribution is -2.58. The Kier molecular flexibility index (Phi) is 9.86. The lowest BCUT2D eigenvalue weighted by molar-refractivity contribution is -0.161. The molecule has 2 saturated heterocycles. The first-order valence-electron chi connectivity index (χ1n) is 9.03. The number of thioether (sulfide) groups is 2. The molecule has 0 aromatic heterocycles. The van der Waals surface area contributed by atoms with Gasteiger partial charge >= 0.3 is 5.97 Å². The number of ether oxygens (including phenoxy) is 1. The van der Waals surface area contributed by atoms with Crippen LogP contribution < -0.4 is 0 Å². The lowest BCUT2D eigenvalue weighted by atomic mass is 9.94. The van der Waals surface area contributed by atoms with Crippen molar-refractivity contribution >= 4 is 47.8 Å². The molecule has 3 atom stereocenters. The quantitative estimate of drug-likeness (QED) is 0.221. The molecule has 0 spiro atoms. The van der Waals surface area contributed by atoms with Crippen molar-refractivity contribution in [1.29, 1.82) is 0 Å². The van der Waals surface area contributed by atoms with E-state index in [0.29, 0.717) is 13.0 Å². The molecule has 8 heteroatoms. The van der Waals surface area contributed by atoms with E-state index in [1.54, 1.807) is 16.7 Å². The summed E-state index contributed by atoms with van der Waals surface area (Å²) >= 11 is 3.57. The normalized spacial score (nSPS) is 26.9. The van der Waals surface area contributed by atoms with Gasteiger partial charge in [-0.1, -0.05) is 19.9 Å². The van der Waals surface area contributed by atoms with Crippen LogP contribution in [0, 0.1) is 0 Å². The SMILES string of the molecule is C=CCSCCC1(C)S[C@@H]2CC(=O)N2[C@H]1C(=O)OCCN(CC)CC.Cl. The van der Waals surface area contributed by atoms with Gasteiger partial charge in [-0.3, -0.25) is 4.79 Å². The van der Waals surface area contributed by atoms with E-state index in [1.807, 2.05) is 17.8 Å². The Bertz CT molecular complexity index is 505. The zero-order valence-corrected chi connectivity index (χ0v) is 18.4. The van der Waals surface area contributed by atoms with Crippen LogP contribution in [0.3, 0.4) is 0 Å². The molecule has 2 aliphatic heterocycles. The van der Waals surface area contributed by atoms with Gasteiger partial charge in [0.15, 0.2) is 0 Å². The molecule has 0 saturated carbocycles. The van der Waals surface area contributed by atoms with Gasteiger partial charge in [-0.05, 0) is 32.2 Å². The van der Waals surface area contributed by atoms with Gasteiger partial charge in [-0.25, -0.2) is 4.79 Å². The smallest absolute Gasteiger partial charge is 0.330 e. The van der Waals surface area contributed by atoms with Crippen molar-refractivity contribution in [1.82, 2.24) is 9.80 Å². The van der Waals surface area contributed by atoms with Crippen molar-refractivity contribution in [2.24, 2.45) is 0 Å². The Morgan fingerprint density at radius 1 is 1.50 bits per heavy atom. The van der Waals surface area contributed by atoms with Gasteiger partial charge in [0.25, 0.3) is 0 Å². The first-order chi connectivity index (χ1) is 12.0. The van der Waals surface area contributed by atoms with Crippen LogP contribution in [0.1, 0.15) is 33.6 Å². The fourth-order valence-corrected chi connectivity index (χ4v) is 6.16. The van der Waals surface area contributed by atoms with Crippen LogP contribution in [0.15, 0.2) is 12.7 Å². The van der Waals surface area contributed by atoms with Crippen molar-refractivity contribution in [3.8, 4) is 0 Å². The van der Waals surface area contributed by atoms with Crippen LogP contribution in [0.2, 0.25) is 0 Å². The monoisotopic (exact) mass is 422 g/mol. The number of amides is 1. The highest BCUT2D eigenvalue weighted by atomic mass is 35.5. The number of β-lactam (4-membered cyclic amide) rings is 1. The third-order valence-corrected chi connectivity index (χ3v) is 7.55. The number of halogens is 1. The maximum atomic E-state index is 12.8. The van der Waals surface area contributed by atoms with E-state index in [9.17, 15) is 9.59 Å². The Morgan fingerprint density at radius 3 is 2.77 bits per heavy atom. The van der Waals surface area contributed by atoms with Gasteiger partial charge in [0.1, 0.15) is 12.6 Å². The predicted octanol–water partition coefficient (Wildman–Crippen LogP) is 3.04. The van der Waals surface area contributed by atoms with Gasteiger partial charge in [-0.2, -0.15) is 11.8 Å². The first-order valence-corrected chi connectivity index (χ1v) is 11.1. The summed E-state index contributed by atoms with van der Waals surface area (Å²) in [6.07, 6.45) is 3.32. The molecule has 1 unspecified atom stereocenters. The van der Waals surface area contributed by atoms with Crippen LogP contribution in [-0.4, -0.2) is 75.6 Å². The summed E-state index contributed by atoms with van der Waals surface area (Å²) in [7, 11) is 0. The van der Waals surface area contributed by atoms with Gasteiger partial charge in [0.05, 0.1) is 11.8 Å². The predicted molar refractivity (Wildman–Crippen MR) is 113 cm³/mol. The third-order valence-electron chi connectivity index (χ3n) is 4.96.